The van der Waals surface area contributed by atoms with Crippen molar-refractivity contribution in [1.82, 2.24) is 19.9 Å². The van der Waals surface area contributed by atoms with Gasteiger partial charge in [0.15, 0.2) is 5.82 Å². The Kier molecular flexibility index (Phi) is 7.89. The molecule has 3 aromatic rings. The number of nitrogens with zero attached hydrogens (tertiary/aromatic N) is 6. The molecule has 0 radical (unpaired) electrons. The van der Waals surface area contributed by atoms with Gasteiger partial charge < -0.3 is 19.3 Å². The van der Waals surface area contributed by atoms with Gasteiger partial charge in [0.05, 0.1) is 42.1 Å². The van der Waals surface area contributed by atoms with Gasteiger partial charge in [0, 0.05) is 36.9 Å². The van der Waals surface area contributed by atoms with Crippen LogP contribution in [0.2, 0.25) is 5.28 Å². The van der Waals surface area contributed by atoms with Gasteiger partial charge in [0.25, 0.3) is 0 Å². The summed E-state index contributed by atoms with van der Waals surface area (Å²) in [5, 5.41) is 0.245. The van der Waals surface area contributed by atoms with Crippen LogP contribution in [-0.4, -0.2) is 65.4 Å². The maximum atomic E-state index is 11.9. The van der Waals surface area contributed by atoms with Crippen LogP contribution >= 0.6 is 22.9 Å². The van der Waals surface area contributed by atoms with E-state index in [0.29, 0.717) is 37.9 Å². The van der Waals surface area contributed by atoms with Crippen molar-refractivity contribution in [2.45, 2.75) is 33.2 Å². The minimum absolute atomic E-state index is 0.245. The highest BCUT2D eigenvalue weighted by atomic mass is 35.5. The van der Waals surface area contributed by atoms with Crippen molar-refractivity contribution in [2.75, 3.05) is 49.3 Å². The van der Waals surface area contributed by atoms with Crippen LogP contribution in [-0.2, 0) is 16.0 Å². The van der Waals surface area contributed by atoms with Crippen LogP contribution in [0.25, 0.3) is 10.2 Å². The van der Waals surface area contributed by atoms with Crippen molar-refractivity contribution in [3.05, 3.63) is 34.2 Å². The summed E-state index contributed by atoms with van der Waals surface area (Å²) in [6.45, 7) is 8.55. The average Bonchev–Trinajstić information content (AvgIpc) is 3.24. The first-order chi connectivity index (χ1) is 16.1. The van der Waals surface area contributed by atoms with Gasteiger partial charge in [-0.2, -0.15) is 4.98 Å². The summed E-state index contributed by atoms with van der Waals surface area (Å²) in [5.41, 5.74) is 1.18. The fraction of sp³-hybridized carbons (Fsp3) is 0.500. The van der Waals surface area contributed by atoms with E-state index in [2.05, 4.69) is 42.7 Å². The molecule has 1 aliphatic heterocycles. The lowest BCUT2D eigenvalue weighted by molar-refractivity contribution is 0.0525. The fourth-order valence-electron chi connectivity index (χ4n) is 3.60. The molecule has 0 atom stereocenters. The van der Waals surface area contributed by atoms with E-state index in [-0.39, 0.29) is 5.28 Å². The normalized spacial score (nSPS) is 14.0. The van der Waals surface area contributed by atoms with E-state index in [1.165, 1.54) is 12.4 Å². The number of hydrogen-bond acceptors (Lipinski definition) is 10. The molecule has 11 heteroatoms. The molecule has 0 aromatic carbocycles. The number of carbonyl (C=O) groups excluding carboxylic acids is 1. The zero-order chi connectivity index (χ0) is 23.2. The van der Waals surface area contributed by atoms with Gasteiger partial charge in [0.1, 0.15) is 0 Å². The molecule has 4 rings (SSSR count). The van der Waals surface area contributed by atoms with E-state index in [1.807, 2.05) is 0 Å². The molecular formula is C22H27ClN6O3S. The second-order valence-electron chi connectivity index (χ2n) is 7.61. The zero-order valence-corrected chi connectivity index (χ0v) is 20.4. The number of esters is 1. The molecule has 4 heterocycles. The van der Waals surface area contributed by atoms with Gasteiger partial charge in [-0.25, -0.2) is 19.7 Å². The molecule has 0 unspecified atom stereocenters. The van der Waals surface area contributed by atoms with E-state index >= 15 is 0 Å². The van der Waals surface area contributed by atoms with Crippen LogP contribution in [0.1, 0.15) is 41.9 Å². The smallest absolute Gasteiger partial charge is 0.341 e. The SMILES string of the molecule is CCCCN(Cc1cc2nc(Cl)nc(N3CCOCC3)c2s1)c1ncc(C(=O)OCC)cn1. The Labute approximate surface area is 201 Å². The second-order valence-corrected chi connectivity index (χ2v) is 9.08. The second kappa shape index (κ2) is 11.0. The monoisotopic (exact) mass is 490 g/mol. The molecule has 0 saturated carbocycles. The van der Waals surface area contributed by atoms with Crippen molar-refractivity contribution >= 4 is 50.9 Å². The maximum absolute atomic E-state index is 11.9. The number of thiophene rings is 1. The molecule has 0 aliphatic carbocycles. The van der Waals surface area contributed by atoms with Crippen LogP contribution in [0.15, 0.2) is 18.5 Å². The average molecular weight is 491 g/mol. The van der Waals surface area contributed by atoms with Crippen molar-refractivity contribution < 1.29 is 14.3 Å². The molecule has 0 spiro atoms. The summed E-state index contributed by atoms with van der Waals surface area (Å²) < 4.78 is 11.5. The van der Waals surface area contributed by atoms with Gasteiger partial charge in [-0.1, -0.05) is 13.3 Å². The third-order valence-electron chi connectivity index (χ3n) is 5.25. The molecule has 0 N–H and O–H groups in total. The van der Waals surface area contributed by atoms with E-state index < -0.39 is 5.97 Å². The predicted molar refractivity (Wildman–Crippen MR) is 129 cm³/mol. The molecule has 1 saturated heterocycles. The highest BCUT2D eigenvalue weighted by Gasteiger charge is 2.20. The molecule has 1 fully saturated rings. The first-order valence-corrected chi connectivity index (χ1v) is 12.3. The molecule has 1 aliphatic rings. The van der Waals surface area contributed by atoms with Crippen LogP contribution < -0.4 is 9.80 Å². The highest BCUT2D eigenvalue weighted by Crippen LogP contribution is 2.34. The number of fused-ring (bicyclic) bond motifs is 1. The Hall–Kier alpha value is -2.56. The Morgan fingerprint density at radius 2 is 2.00 bits per heavy atom. The number of halogens is 1. The van der Waals surface area contributed by atoms with Crippen molar-refractivity contribution in [3.8, 4) is 0 Å². The lowest BCUT2D eigenvalue weighted by atomic mass is 10.3. The van der Waals surface area contributed by atoms with Crippen LogP contribution in [0, 0.1) is 0 Å². The molecule has 0 bridgehead atoms. The quantitative estimate of drug-likeness (QED) is 0.326. The first kappa shape index (κ1) is 23.6. The molecular weight excluding hydrogens is 464 g/mol. The molecule has 0 amide bonds. The van der Waals surface area contributed by atoms with E-state index in [0.717, 1.165) is 53.4 Å². The van der Waals surface area contributed by atoms with Gasteiger partial charge >= 0.3 is 5.97 Å². The minimum Gasteiger partial charge on any atom is -0.462 e. The maximum Gasteiger partial charge on any atom is 0.341 e. The Balaban J connectivity index is 1.60. The largest absolute Gasteiger partial charge is 0.462 e. The highest BCUT2D eigenvalue weighted by molar-refractivity contribution is 7.19. The van der Waals surface area contributed by atoms with Gasteiger partial charge in [-0.15, -0.1) is 11.3 Å². The number of carbonyl (C=O) groups is 1. The lowest BCUT2D eigenvalue weighted by Gasteiger charge is -2.28. The summed E-state index contributed by atoms with van der Waals surface area (Å²) in [4.78, 5) is 35.2. The number of aromatic nitrogens is 4. The predicted octanol–water partition coefficient (Wildman–Crippen LogP) is 3.95. The van der Waals surface area contributed by atoms with Crippen LogP contribution in [0.3, 0.4) is 0 Å². The number of morpholine rings is 1. The van der Waals surface area contributed by atoms with Crippen LogP contribution in [0.4, 0.5) is 11.8 Å². The lowest BCUT2D eigenvalue weighted by Crippen LogP contribution is -2.36. The third kappa shape index (κ3) is 5.69. The van der Waals surface area contributed by atoms with Crippen molar-refractivity contribution in [2.24, 2.45) is 0 Å². The van der Waals surface area contributed by atoms with Crippen molar-refractivity contribution in [1.29, 1.82) is 0 Å². The van der Waals surface area contributed by atoms with Gasteiger partial charge in [0.2, 0.25) is 11.2 Å². The standard InChI is InChI=1S/C22H27ClN6O3S/c1-3-5-6-29(22-24-12-15(13-25-22)20(30)32-4-2)14-16-11-17-18(33-16)19(27-21(23)26-17)28-7-9-31-10-8-28/h11-13H,3-10,14H2,1-2H3. The molecule has 3 aromatic heterocycles. The first-order valence-electron chi connectivity index (χ1n) is 11.1. The van der Waals surface area contributed by atoms with Gasteiger partial charge in [-0.05, 0) is 31.0 Å². The number of anilines is 2. The Morgan fingerprint density at radius 1 is 1.24 bits per heavy atom. The topological polar surface area (TPSA) is 93.6 Å². The van der Waals surface area contributed by atoms with E-state index in [4.69, 9.17) is 21.1 Å². The van der Waals surface area contributed by atoms with E-state index in [9.17, 15) is 4.79 Å². The molecule has 176 valence electrons. The number of ether oxygens (including phenoxy) is 2. The summed E-state index contributed by atoms with van der Waals surface area (Å²) in [6, 6.07) is 2.06. The summed E-state index contributed by atoms with van der Waals surface area (Å²) in [6.07, 6.45) is 5.09. The Morgan fingerprint density at radius 3 is 2.70 bits per heavy atom. The number of unbranched alkanes of at least 4 members (excludes halogenated alkanes) is 1. The number of hydrogen-bond donors (Lipinski definition) is 0. The summed E-state index contributed by atoms with van der Waals surface area (Å²) in [5.74, 6) is 1.02. The van der Waals surface area contributed by atoms with Crippen LogP contribution in [0.5, 0.6) is 0 Å². The minimum atomic E-state index is -0.417. The number of rotatable bonds is 9. The summed E-state index contributed by atoms with van der Waals surface area (Å²) >= 11 is 7.90. The van der Waals surface area contributed by atoms with Crippen molar-refractivity contribution in [3.63, 3.8) is 0 Å². The third-order valence-corrected chi connectivity index (χ3v) is 6.52. The van der Waals surface area contributed by atoms with E-state index in [1.54, 1.807) is 18.3 Å². The zero-order valence-electron chi connectivity index (χ0n) is 18.8. The molecule has 33 heavy (non-hydrogen) atoms. The Bertz CT molecular complexity index is 1090. The van der Waals surface area contributed by atoms with Gasteiger partial charge in [-0.3, -0.25) is 0 Å². The fourth-order valence-corrected chi connectivity index (χ4v) is 4.89. The summed E-state index contributed by atoms with van der Waals surface area (Å²) in [7, 11) is 0. The molecule has 9 nitrogen and oxygen atoms in total.